The molecule has 140 valence electrons. The minimum absolute atomic E-state index is 0.0282. The number of carbonyl (C=O) groups excluding carboxylic acids is 1. The molecule has 2 aromatic heterocycles. The van der Waals surface area contributed by atoms with Gasteiger partial charge in [-0.05, 0) is 23.6 Å². The molecule has 0 unspecified atom stereocenters. The summed E-state index contributed by atoms with van der Waals surface area (Å²) >= 11 is 1.60. The summed E-state index contributed by atoms with van der Waals surface area (Å²) in [5, 5.41) is 4.86. The molecule has 0 radical (unpaired) electrons. The van der Waals surface area contributed by atoms with Crippen molar-refractivity contribution in [3.8, 4) is 0 Å². The van der Waals surface area contributed by atoms with Gasteiger partial charge in [-0.3, -0.25) is 9.69 Å². The number of hydrogen-bond acceptors (Lipinski definition) is 5. The zero-order valence-electron chi connectivity index (χ0n) is 14.0. The Kier molecular flexibility index (Phi) is 5.77. The van der Waals surface area contributed by atoms with Gasteiger partial charge >= 0.3 is 6.18 Å². The Labute approximate surface area is 153 Å². The first-order valence-corrected chi connectivity index (χ1v) is 9.09. The van der Waals surface area contributed by atoms with E-state index in [1.165, 1.54) is 6.07 Å². The second-order valence-corrected chi connectivity index (χ2v) is 7.05. The van der Waals surface area contributed by atoms with Crippen molar-refractivity contribution in [1.29, 1.82) is 0 Å². The van der Waals surface area contributed by atoms with Crippen LogP contribution in [0.1, 0.15) is 10.4 Å². The molecule has 26 heavy (non-hydrogen) atoms. The van der Waals surface area contributed by atoms with Crippen LogP contribution in [0.15, 0.2) is 35.8 Å². The number of halogens is 3. The minimum Gasteiger partial charge on any atom is -0.354 e. The second-order valence-electron chi connectivity index (χ2n) is 6.02. The van der Waals surface area contributed by atoms with E-state index in [9.17, 15) is 18.0 Å². The fourth-order valence-corrected chi connectivity index (χ4v) is 3.38. The van der Waals surface area contributed by atoms with E-state index < -0.39 is 11.7 Å². The summed E-state index contributed by atoms with van der Waals surface area (Å²) in [6.45, 7) is 3.42. The number of carbonyl (C=O) groups is 1. The van der Waals surface area contributed by atoms with Gasteiger partial charge < -0.3 is 10.2 Å². The molecule has 2 aromatic rings. The maximum Gasteiger partial charge on any atom is 0.417 e. The highest BCUT2D eigenvalue weighted by Gasteiger charge is 2.31. The fraction of sp³-hybridized carbons (Fsp3) is 0.412. The number of amides is 1. The number of anilines is 1. The first-order valence-electron chi connectivity index (χ1n) is 8.21. The highest BCUT2D eigenvalue weighted by Crippen LogP contribution is 2.29. The molecule has 0 spiro atoms. The van der Waals surface area contributed by atoms with Crippen molar-refractivity contribution in [2.75, 3.05) is 37.6 Å². The Morgan fingerprint density at radius 2 is 1.96 bits per heavy atom. The van der Waals surface area contributed by atoms with Crippen molar-refractivity contribution in [3.05, 3.63) is 46.3 Å². The average Bonchev–Trinajstić information content (AvgIpc) is 3.14. The first-order chi connectivity index (χ1) is 12.4. The van der Waals surface area contributed by atoms with Crippen LogP contribution in [0.5, 0.6) is 0 Å². The van der Waals surface area contributed by atoms with Gasteiger partial charge in [0.2, 0.25) is 5.91 Å². The number of thiophene rings is 1. The smallest absolute Gasteiger partial charge is 0.354 e. The molecule has 0 bridgehead atoms. The van der Waals surface area contributed by atoms with Crippen molar-refractivity contribution in [2.45, 2.75) is 12.7 Å². The van der Waals surface area contributed by atoms with E-state index in [0.717, 1.165) is 17.1 Å². The Bertz CT molecular complexity index is 711. The topological polar surface area (TPSA) is 48.5 Å². The molecule has 1 N–H and O–H groups in total. The minimum atomic E-state index is -4.37. The van der Waals surface area contributed by atoms with Crippen LogP contribution in [0.25, 0.3) is 0 Å². The predicted octanol–water partition coefficient (Wildman–Crippen LogP) is 2.60. The van der Waals surface area contributed by atoms with E-state index in [2.05, 4.69) is 10.3 Å². The van der Waals surface area contributed by atoms with Crippen molar-refractivity contribution in [1.82, 2.24) is 15.2 Å². The third-order valence-corrected chi connectivity index (χ3v) is 5.05. The molecule has 1 fully saturated rings. The predicted molar refractivity (Wildman–Crippen MR) is 94.1 cm³/mol. The molecule has 0 aromatic carbocycles. The van der Waals surface area contributed by atoms with Crippen molar-refractivity contribution in [2.24, 2.45) is 0 Å². The van der Waals surface area contributed by atoms with E-state index in [4.69, 9.17) is 0 Å². The largest absolute Gasteiger partial charge is 0.417 e. The summed E-state index contributed by atoms with van der Waals surface area (Å²) in [6, 6.07) is 6.36. The van der Waals surface area contributed by atoms with Crippen LogP contribution in [-0.2, 0) is 17.5 Å². The number of hydrogen-bond donors (Lipinski definition) is 1. The molecule has 1 saturated heterocycles. The third-order valence-electron chi connectivity index (χ3n) is 4.18. The monoisotopic (exact) mass is 384 g/mol. The highest BCUT2D eigenvalue weighted by molar-refractivity contribution is 7.09. The summed E-state index contributed by atoms with van der Waals surface area (Å²) in [5.74, 6) is 0.499. The highest BCUT2D eigenvalue weighted by atomic mass is 32.1. The second kappa shape index (κ2) is 8.05. The van der Waals surface area contributed by atoms with Gasteiger partial charge in [0.05, 0.1) is 18.7 Å². The van der Waals surface area contributed by atoms with Gasteiger partial charge in [0.1, 0.15) is 5.82 Å². The number of nitrogens with zero attached hydrogens (tertiary/aromatic N) is 3. The molecule has 0 atom stereocenters. The number of alkyl halides is 3. The summed E-state index contributed by atoms with van der Waals surface area (Å²) in [5.41, 5.74) is -0.748. The normalized spacial score (nSPS) is 15.9. The van der Waals surface area contributed by atoms with Crippen molar-refractivity contribution >= 4 is 23.1 Å². The van der Waals surface area contributed by atoms with Crippen LogP contribution < -0.4 is 10.2 Å². The Hall–Kier alpha value is -2.13. The SMILES string of the molecule is O=C(CN1CCN(c2ccc(C(F)(F)F)cn2)CC1)NCc1cccs1. The quantitative estimate of drug-likeness (QED) is 0.861. The van der Waals surface area contributed by atoms with Crippen LogP contribution >= 0.6 is 11.3 Å². The zero-order valence-corrected chi connectivity index (χ0v) is 14.8. The van der Waals surface area contributed by atoms with Crippen LogP contribution in [0.2, 0.25) is 0 Å². The average molecular weight is 384 g/mol. The fourth-order valence-electron chi connectivity index (χ4n) is 2.73. The lowest BCUT2D eigenvalue weighted by molar-refractivity contribution is -0.137. The Morgan fingerprint density at radius 3 is 2.54 bits per heavy atom. The van der Waals surface area contributed by atoms with Gasteiger partial charge in [0.25, 0.3) is 0 Å². The van der Waals surface area contributed by atoms with E-state index >= 15 is 0 Å². The zero-order chi connectivity index (χ0) is 18.6. The molecule has 0 aliphatic carbocycles. The van der Waals surface area contributed by atoms with E-state index in [1.54, 1.807) is 11.3 Å². The molecule has 3 heterocycles. The number of rotatable bonds is 5. The van der Waals surface area contributed by atoms with Crippen LogP contribution in [0.3, 0.4) is 0 Å². The van der Waals surface area contributed by atoms with E-state index in [1.807, 2.05) is 27.3 Å². The maximum absolute atomic E-state index is 12.6. The van der Waals surface area contributed by atoms with Crippen LogP contribution in [-0.4, -0.2) is 48.5 Å². The Morgan fingerprint density at radius 1 is 1.19 bits per heavy atom. The number of aromatic nitrogens is 1. The van der Waals surface area contributed by atoms with Gasteiger partial charge in [-0.25, -0.2) is 4.98 Å². The molecular weight excluding hydrogens is 365 g/mol. The van der Waals surface area contributed by atoms with Gasteiger partial charge in [0.15, 0.2) is 0 Å². The first kappa shape index (κ1) is 18.7. The lowest BCUT2D eigenvalue weighted by Crippen LogP contribution is -2.49. The van der Waals surface area contributed by atoms with E-state index in [-0.39, 0.29) is 5.91 Å². The molecular formula is C17H19F3N4OS. The molecule has 5 nitrogen and oxygen atoms in total. The third kappa shape index (κ3) is 4.95. The standard InChI is InChI=1S/C17H19F3N4OS/c18-17(19,20)13-3-4-15(21-10-13)24-7-5-23(6-8-24)12-16(25)22-11-14-2-1-9-26-14/h1-4,9-10H,5-8,11-12H2,(H,22,25). The van der Waals surface area contributed by atoms with Gasteiger partial charge in [0, 0.05) is 37.3 Å². The van der Waals surface area contributed by atoms with E-state index in [0.29, 0.717) is 45.1 Å². The molecule has 1 amide bonds. The summed E-state index contributed by atoms with van der Waals surface area (Å²) in [7, 11) is 0. The van der Waals surface area contributed by atoms with Gasteiger partial charge in [-0.1, -0.05) is 6.07 Å². The molecule has 1 aliphatic rings. The van der Waals surface area contributed by atoms with Crippen molar-refractivity contribution in [3.63, 3.8) is 0 Å². The molecule has 1 aliphatic heterocycles. The van der Waals surface area contributed by atoms with Gasteiger partial charge in [-0.15, -0.1) is 11.3 Å². The summed E-state index contributed by atoms with van der Waals surface area (Å²) in [4.78, 5) is 21.0. The summed E-state index contributed by atoms with van der Waals surface area (Å²) in [6.07, 6.45) is -3.51. The Balaban J connectivity index is 1.44. The number of nitrogens with one attached hydrogen (secondary N) is 1. The summed E-state index contributed by atoms with van der Waals surface area (Å²) < 4.78 is 37.8. The lowest BCUT2D eigenvalue weighted by atomic mass is 10.2. The van der Waals surface area contributed by atoms with Gasteiger partial charge in [-0.2, -0.15) is 13.2 Å². The molecule has 3 rings (SSSR count). The molecule has 9 heteroatoms. The molecule has 0 saturated carbocycles. The number of piperazine rings is 1. The maximum atomic E-state index is 12.6. The van der Waals surface area contributed by atoms with Crippen LogP contribution in [0, 0.1) is 0 Å². The van der Waals surface area contributed by atoms with Crippen molar-refractivity contribution < 1.29 is 18.0 Å². The lowest BCUT2D eigenvalue weighted by Gasteiger charge is -2.35. The number of pyridine rings is 1. The van der Waals surface area contributed by atoms with Crippen LogP contribution in [0.4, 0.5) is 19.0 Å².